The zero-order valence-electron chi connectivity index (χ0n) is 10.0. The minimum absolute atomic E-state index is 0.0192. The zero-order valence-corrected chi connectivity index (χ0v) is 10.0. The van der Waals surface area contributed by atoms with Crippen molar-refractivity contribution in [1.82, 2.24) is 0 Å². The van der Waals surface area contributed by atoms with Crippen molar-refractivity contribution < 1.29 is 19.4 Å². The molecule has 2 rings (SSSR count). The predicted octanol–water partition coefficient (Wildman–Crippen LogP) is 2.00. The number of rotatable bonds is 4. The van der Waals surface area contributed by atoms with Gasteiger partial charge in [0.25, 0.3) is 0 Å². The highest BCUT2D eigenvalue weighted by molar-refractivity contribution is 5.87. The van der Waals surface area contributed by atoms with Crippen LogP contribution in [0.3, 0.4) is 0 Å². The van der Waals surface area contributed by atoms with E-state index in [2.05, 4.69) is 6.58 Å². The Hall–Kier alpha value is -1.32. The maximum Gasteiger partial charge on any atom is 0.333 e. The van der Waals surface area contributed by atoms with Gasteiger partial charge < -0.3 is 9.84 Å². The van der Waals surface area contributed by atoms with Crippen LogP contribution in [-0.2, 0) is 14.3 Å². The Bertz CT molecular complexity index is 360. The summed E-state index contributed by atoms with van der Waals surface area (Å²) in [7, 11) is 0. The summed E-state index contributed by atoms with van der Waals surface area (Å²) in [5.74, 6) is -0.000633. The number of ether oxygens (including phenoxy) is 1. The molecule has 17 heavy (non-hydrogen) atoms. The Morgan fingerprint density at radius 3 is 2.47 bits per heavy atom. The van der Waals surface area contributed by atoms with Crippen LogP contribution in [0.1, 0.15) is 32.6 Å². The van der Waals surface area contributed by atoms with Crippen LogP contribution in [0.4, 0.5) is 0 Å². The number of carbonyl (C=O) groups excluding carboxylic acids is 1. The second kappa shape index (κ2) is 4.51. The SMILES string of the molecule is C=C(C)C(=O)OC1CC2CC1CC2CC(=O)O. The highest BCUT2D eigenvalue weighted by Gasteiger charge is 2.47. The molecule has 2 fully saturated rings. The Morgan fingerprint density at radius 2 is 2.00 bits per heavy atom. The minimum Gasteiger partial charge on any atom is -0.481 e. The molecule has 2 bridgehead atoms. The molecule has 0 aliphatic heterocycles. The highest BCUT2D eigenvalue weighted by Crippen LogP contribution is 2.50. The van der Waals surface area contributed by atoms with Gasteiger partial charge >= 0.3 is 11.9 Å². The fourth-order valence-electron chi connectivity index (χ4n) is 3.20. The maximum absolute atomic E-state index is 11.4. The van der Waals surface area contributed by atoms with Crippen LogP contribution in [0.15, 0.2) is 12.2 Å². The van der Waals surface area contributed by atoms with Crippen LogP contribution in [0, 0.1) is 17.8 Å². The number of carbonyl (C=O) groups is 2. The van der Waals surface area contributed by atoms with Gasteiger partial charge in [-0.2, -0.15) is 0 Å². The first-order valence-electron chi connectivity index (χ1n) is 6.05. The van der Waals surface area contributed by atoms with Gasteiger partial charge in [-0.1, -0.05) is 6.58 Å². The number of fused-ring (bicyclic) bond motifs is 2. The van der Waals surface area contributed by atoms with Gasteiger partial charge in [-0.3, -0.25) is 4.79 Å². The summed E-state index contributed by atoms with van der Waals surface area (Å²) < 4.78 is 5.37. The van der Waals surface area contributed by atoms with Crippen LogP contribution in [0.2, 0.25) is 0 Å². The molecule has 2 aliphatic rings. The van der Waals surface area contributed by atoms with E-state index in [9.17, 15) is 9.59 Å². The van der Waals surface area contributed by atoms with Crippen molar-refractivity contribution in [1.29, 1.82) is 0 Å². The molecular weight excluding hydrogens is 220 g/mol. The summed E-state index contributed by atoms with van der Waals surface area (Å²) in [6.07, 6.45) is 2.94. The highest BCUT2D eigenvalue weighted by atomic mass is 16.5. The van der Waals surface area contributed by atoms with Gasteiger partial charge in [0.1, 0.15) is 6.10 Å². The molecule has 0 aromatic heterocycles. The molecule has 2 aliphatic carbocycles. The summed E-state index contributed by atoms with van der Waals surface area (Å²) in [6.45, 7) is 5.20. The van der Waals surface area contributed by atoms with E-state index < -0.39 is 5.97 Å². The Balaban J connectivity index is 1.87. The predicted molar refractivity (Wildman–Crippen MR) is 61.3 cm³/mol. The number of hydrogen-bond donors (Lipinski definition) is 1. The summed E-state index contributed by atoms with van der Waals surface area (Å²) in [4.78, 5) is 22.1. The summed E-state index contributed by atoms with van der Waals surface area (Å²) in [5.41, 5.74) is 0.426. The molecule has 4 nitrogen and oxygen atoms in total. The van der Waals surface area contributed by atoms with Crippen LogP contribution in [-0.4, -0.2) is 23.1 Å². The second-order valence-electron chi connectivity index (χ2n) is 5.31. The molecular formula is C13H18O4. The molecule has 2 saturated carbocycles. The quantitative estimate of drug-likeness (QED) is 0.601. The Morgan fingerprint density at radius 1 is 1.29 bits per heavy atom. The first-order chi connectivity index (χ1) is 7.97. The lowest BCUT2D eigenvalue weighted by atomic mass is 9.85. The zero-order chi connectivity index (χ0) is 12.6. The van der Waals surface area contributed by atoms with E-state index in [1.165, 1.54) is 0 Å². The van der Waals surface area contributed by atoms with Crippen molar-refractivity contribution in [2.45, 2.75) is 38.7 Å². The molecule has 0 spiro atoms. The number of esters is 1. The first-order valence-corrected chi connectivity index (χ1v) is 6.05. The summed E-state index contributed by atoms with van der Waals surface area (Å²) >= 11 is 0. The van der Waals surface area contributed by atoms with E-state index in [0.29, 0.717) is 17.4 Å². The Labute approximate surface area is 101 Å². The largest absolute Gasteiger partial charge is 0.481 e. The van der Waals surface area contributed by atoms with Crippen LogP contribution in [0.25, 0.3) is 0 Å². The van der Waals surface area contributed by atoms with Crippen molar-refractivity contribution >= 4 is 11.9 Å². The lowest BCUT2D eigenvalue weighted by Crippen LogP contribution is -2.28. The molecule has 1 N–H and O–H groups in total. The molecule has 4 atom stereocenters. The third-order valence-electron chi connectivity index (χ3n) is 3.98. The standard InChI is InChI=1S/C13H18O4/c1-7(2)13(16)17-11-5-8-3-10(11)4-9(8)6-12(14)15/h8-11H,1,3-6H2,2H3,(H,14,15). The molecule has 4 unspecified atom stereocenters. The Kier molecular flexibility index (Phi) is 3.22. The molecule has 0 saturated heterocycles. The monoisotopic (exact) mass is 238 g/mol. The third kappa shape index (κ3) is 2.51. The molecule has 4 heteroatoms. The molecule has 0 aromatic rings. The molecule has 94 valence electrons. The molecule has 0 radical (unpaired) electrons. The average Bonchev–Trinajstić information content (AvgIpc) is 2.75. The van der Waals surface area contributed by atoms with Crippen molar-refractivity contribution in [3.8, 4) is 0 Å². The van der Waals surface area contributed by atoms with Crippen LogP contribution >= 0.6 is 0 Å². The van der Waals surface area contributed by atoms with Crippen LogP contribution in [0.5, 0.6) is 0 Å². The van der Waals surface area contributed by atoms with Gasteiger partial charge in [0.05, 0.1) is 0 Å². The molecule has 0 heterocycles. The van der Waals surface area contributed by atoms with Crippen molar-refractivity contribution in [2.75, 3.05) is 0 Å². The first kappa shape index (κ1) is 12.1. The lowest BCUT2D eigenvalue weighted by Gasteiger charge is -2.26. The average molecular weight is 238 g/mol. The maximum atomic E-state index is 11.4. The van der Waals surface area contributed by atoms with Crippen molar-refractivity contribution in [2.24, 2.45) is 17.8 Å². The normalized spacial score (nSPS) is 34.6. The van der Waals surface area contributed by atoms with Gasteiger partial charge in [0, 0.05) is 12.0 Å². The van der Waals surface area contributed by atoms with Gasteiger partial charge in [-0.25, -0.2) is 4.79 Å². The van der Waals surface area contributed by atoms with Crippen molar-refractivity contribution in [3.05, 3.63) is 12.2 Å². The molecule has 0 aromatic carbocycles. The van der Waals surface area contributed by atoms with E-state index >= 15 is 0 Å². The third-order valence-corrected chi connectivity index (χ3v) is 3.98. The van der Waals surface area contributed by atoms with E-state index in [1.807, 2.05) is 0 Å². The fraction of sp³-hybridized carbons (Fsp3) is 0.692. The number of carboxylic acid groups (broad SMARTS) is 1. The second-order valence-corrected chi connectivity index (χ2v) is 5.31. The van der Waals surface area contributed by atoms with Crippen LogP contribution < -0.4 is 0 Å². The van der Waals surface area contributed by atoms with E-state index in [4.69, 9.17) is 9.84 Å². The van der Waals surface area contributed by atoms with E-state index in [0.717, 1.165) is 19.3 Å². The summed E-state index contributed by atoms with van der Waals surface area (Å²) in [5, 5.41) is 8.79. The summed E-state index contributed by atoms with van der Waals surface area (Å²) in [6, 6.07) is 0. The van der Waals surface area contributed by atoms with E-state index in [1.54, 1.807) is 6.92 Å². The fourth-order valence-corrected chi connectivity index (χ4v) is 3.20. The van der Waals surface area contributed by atoms with Crippen molar-refractivity contribution in [3.63, 3.8) is 0 Å². The van der Waals surface area contributed by atoms with Gasteiger partial charge in [-0.15, -0.1) is 0 Å². The molecule has 0 amide bonds. The van der Waals surface area contributed by atoms with Gasteiger partial charge in [-0.05, 0) is 43.9 Å². The topological polar surface area (TPSA) is 63.6 Å². The lowest BCUT2D eigenvalue weighted by molar-refractivity contribution is -0.148. The van der Waals surface area contributed by atoms with Gasteiger partial charge in [0.2, 0.25) is 0 Å². The number of aliphatic carboxylic acids is 1. The smallest absolute Gasteiger partial charge is 0.333 e. The minimum atomic E-state index is -0.724. The number of hydrogen-bond acceptors (Lipinski definition) is 3. The number of carboxylic acids is 1. The van der Waals surface area contributed by atoms with E-state index in [-0.39, 0.29) is 24.4 Å². The van der Waals surface area contributed by atoms with Gasteiger partial charge in [0.15, 0.2) is 0 Å².